The van der Waals surface area contributed by atoms with E-state index < -0.39 is 0 Å². The van der Waals surface area contributed by atoms with E-state index in [0.29, 0.717) is 16.9 Å². The van der Waals surface area contributed by atoms with Gasteiger partial charge in [0.2, 0.25) is 0 Å². The van der Waals surface area contributed by atoms with E-state index in [2.05, 4.69) is 4.90 Å². The molecule has 142 valence electrons. The second-order valence-corrected chi connectivity index (χ2v) is 8.29. The van der Waals surface area contributed by atoms with Crippen LogP contribution in [0.2, 0.25) is 0 Å². The third-order valence-electron chi connectivity index (χ3n) is 6.17. The van der Waals surface area contributed by atoms with E-state index in [1.54, 1.807) is 7.11 Å². The highest BCUT2D eigenvalue weighted by Crippen LogP contribution is 2.40. The normalized spacial score (nSPS) is 26.3. The summed E-state index contributed by atoms with van der Waals surface area (Å²) in [6.45, 7) is 5.52. The minimum Gasteiger partial charge on any atom is -0.493 e. The average molecular weight is 358 g/mol. The maximum Gasteiger partial charge on any atom is 0.260 e. The highest BCUT2D eigenvalue weighted by molar-refractivity contribution is 5.78. The summed E-state index contributed by atoms with van der Waals surface area (Å²) < 4.78 is 11.0. The van der Waals surface area contributed by atoms with Gasteiger partial charge in [-0.2, -0.15) is 0 Å². The van der Waals surface area contributed by atoms with Gasteiger partial charge in [0, 0.05) is 31.6 Å². The largest absolute Gasteiger partial charge is 0.493 e. The van der Waals surface area contributed by atoms with Gasteiger partial charge in [0.15, 0.2) is 18.1 Å². The van der Waals surface area contributed by atoms with Crippen LogP contribution in [-0.2, 0) is 4.79 Å². The molecule has 26 heavy (non-hydrogen) atoms. The fraction of sp³-hybridized carbons (Fsp3) is 0.667. The number of rotatable bonds is 6. The van der Waals surface area contributed by atoms with Crippen LogP contribution in [0.25, 0.3) is 0 Å². The first-order valence-corrected chi connectivity index (χ1v) is 9.93. The molecule has 0 N–H and O–H groups in total. The summed E-state index contributed by atoms with van der Waals surface area (Å²) in [6.07, 6.45) is 6.48. The lowest BCUT2D eigenvalue weighted by atomic mass is 9.79. The number of benzene rings is 1. The van der Waals surface area contributed by atoms with Crippen molar-refractivity contribution in [2.75, 3.05) is 46.4 Å². The Morgan fingerprint density at radius 3 is 2.73 bits per heavy atom. The summed E-state index contributed by atoms with van der Waals surface area (Å²) in [4.78, 5) is 17.3. The van der Waals surface area contributed by atoms with Crippen LogP contribution in [0.3, 0.4) is 0 Å². The average Bonchev–Trinajstić information content (AvgIpc) is 3.39. The van der Waals surface area contributed by atoms with Crippen molar-refractivity contribution in [2.45, 2.75) is 32.1 Å². The summed E-state index contributed by atoms with van der Waals surface area (Å²) >= 11 is 0. The standard InChI is InChI=1S/C21H30N2O3/c1-25-18-5-2-3-6-19(18)26-14-20(24)23-12-10-21(16-23)9-4-11-22(15-21)13-17-7-8-17/h2-3,5-6,17H,4,7-16H2,1H3. The third kappa shape index (κ3) is 3.98. The van der Waals surface area contributed by atoms with E-state index >= 15 is 0 Å². The SMILES string of the molecule is COc1ccccc1OCC(=O)N1CCC2(CCCN(CC3CC3)C2)C1. The lowest BCUT2D eigenvalue weighted by Crippen LogP contribution is -2.46. The van der Waals surface area contributed by atoms with Crippen molar-refractivity contribution in [1.82, 2.24) is 9.80 Å². The summed E-state index contributed by atoms with van der Waals surface area (Å²) in [6, 6.07) is 7.48. The molecule has 1 saturated carbocycles. The molecule has 1 aliphatic carbocycles. The van der Waals surface area contributed by atoms with Crippen molar-refractivity contribution in [2.24, 2.45) is 11.3 Å². The van der Waals surface area contributed by atoms with Gasteiger partial charge in [-0.25, -0.2) is 0 Å². The van der Waals surface area contributed by atoms with Gasteiger partial charge in [0.05, 0.1) is 7.11 Å². The number of likely N-dealkylation sites (tertiary alicyclic amines) is 2. The molecule has 0 aromatic heterocycles. The van der Waals surface area contributed by atoms with Crippen molar-refractivity contribution < 1.29 is 14.3 Å². The molecule has 5 heteroatoms. The van der Waals surface area contributed by atoms with Crippen LogP contribution < -0.4 is 9.47 Å². The molecule has 5 nitrogen and oxygen atoms in total. The molecule has 2 saturated heterocycles. The minimum atomic E-state index is 0.0856. The Balaban J connectivity index is 1.30. The van der Waals surface area contributed by atoms with Gasteiger partial charge in [-0.3, -0.25) is 4.79 Å². The number of carbonyl (C=O) groups is 1. The second kappa shape index (κ2) is 7.47. The fourth-order valence-electron chi connectivity index (χ4n) is 4.58. The van der Waals surface area contributed by atoms with Crippen LogP contribution >= 0.6 is 0 Å². The van der Waals surface area contributed by atoms with Crippen LogP contribution in [0.5, 0.6) is 11.5 Å². The number of para-hydroxylation sites is 2. The van der Waals surface area contributed by atoms with Crippen LogP contribution in [0, 0.1) is 11.3 Å². The molecule has 1 amide bonds. The van der Waals surface area contributed by atoms with Crippen molar-refractivity contribution in [3.05, 3.63) is 24.3 Å². The molecular weight excluding hydrogens is 328 g/mol. The first-order valence-electron chi connectivity index (χ1n) is 9.93. The van der Waals surface area contributed by atoms with E-state index in [9.17, 15) is 4.79 Å². The summed E-state index contributed by atoms with van der Waals surface area (Å²) in [7, 11) is 1.62. The highest BCUT2D eigenvalue weighted by Gasteiger charge is 2.43. The first-order chi connectivity index (χ1) is 12.7. The Hall–Kier alpha value is -1.75. The summed E-state index contributed by atoms with van der Waals surface area (Å²) in [5.41, 5.74) is 0.313. The van der Waals surface area contributed by atoms with Crippen molar-refractivity contribution in [3.63, 3.8) is 0 Å². The third-order valence-corrected chi connectivity index (χ3v) is 6.17. The van der Waals surface area contributed by atoms with Gasteiger partial charge in [0.1, 0.15) is 0 Å². The second-order valence-electron chi connectivity index (χ2n) is 8.29. The molecule has 1 aromatic rings. The van der Waals surface area contributed by atoms with E-state index in [0.717, 1.165) is 25.4 Å². The monoisotopic (exact) mass is 358 g/mol. The molecule has 1 spiro atoms. The lowest BCUT2D eigenvalue weighted by Gasteiger charge is -2.40. The molecular formula is C21H30N2O3. The molecule has 1 aromatic carbocycles. The van der Waals surface area contributed by atoms with Crippen molar-refractivity contribution in [3.8, 4) is 11.5 Å². The van der Waals surface area contributed by atoms with Crippen LogP contribution in [0.15, 0.2) is 24.3 Å². The topological polar surface area (TPSA) is 42.0 Å². The molecule has 0 bridgehead atoms. The van der Waals surface area contributed by atoms with Gasteiger partial charge >= 0.3 is 0 Å². The van der Waals surface area contributed by atoms with Crippen LogP contribution in [-0.4, -0.2) is 62.1 Å². The van der Waals surface area contributed by atoms with Gasteiger partial charge in [-0.15, -0.1) is 0 Å². The van der Waals surface area contributed by atoms with Gasteiger partial charge in [-0.05, 0) is 56.7 Å². The first kappa shape index (κ1) is 17.7. The smallest absolute Gasteiger partial charge is 0.260 e. The van der Waals surface area contributed by atoms with E-state index in [1.165, 1.54) is 45.3 Å². The number of methoxy groups -OCH3 is 1. The Kier molecular flexibility index (Phi) is 5.07. The molecule has 3 fully saturated rings. The number of ether oxygens (including phenoxy) is 2. The van der Waals surface area contributed by atoms with E-state index in [4.69, 9.17) is 9.47 Å². The number of hydrogen-bond donors (Lipinski definition) is 0. The Labute approximate surface area is 156 Å². The quantitative estimate of drug-likeness (QED) is 0.784. The predicted molar refractivity (Wildman–Crippen MR) is 101 cm³/mol. The summed E-state index contributed by atoms with van der Waals surface area (Å²) in [5, 5.41) is 0. The number of nitrogens with zero attached hydrogens (tertiary/aromatic N) is 2. The Morgan fingerprint density at radius 1 is 1.15 bits per heavy atom. The zero-order valence-corrected chi connectivity index (χ0v) is 15.8. The predicted octanol–water partition coefficient (Wildman–Crippen LogP) is 2.80. The lowest BCUT2D eigenvalue weighted by molar-refractivity contribution is -0.132. The fourth-order valence-corrected chi connectivity index (χ4v) is 4.58. The molecule has 0 radical (unpaired) electrons. The number of piperidine rings is 1. The minimum absolute atomic E-state index is 0.0856. The molecule has 3 aliphatic rings. The summed E-state index contributed by atoms with van der Waals surface area (Å²) in [5.74, 6) is 2.33. The number of carbonyl (C=O) groups excluding carboxylic acids is 1. The van der Waals surface area contributed by atoms with Crippen molar-refractivity contribution in [1.29, 1.82) is 0 Å². The van der Waals surface area contributed by atoms with E-state index in [1.807, 2.05) is 29.2 Å². The molecule has 1 atom stereocenters. The van der Waals surface area contributed by atoms with Gasteiger partial charge < -0.3 is 19.3 Å². The van der Waals surface area contributed by atoms with Gasteiger partial charge in [0.25, 0.3) is 5.91 Å². The molecule has 4 rings (SSSR count). The molecule has 2 aliphatic heterocycles. The Morgan fingerprint density at radius 2 is 1.96 bits per heavy atom. The Bertz CT molecular complexity index is 646. The molecule has 2 heterocycles. The van der Waals surface area contributed by atoms with E-state index in [-0.39, 0.29) is 12.5 Å². The zero-order chi connectivity index (χ0) is 18.0. The van der Waals surface area contributed by atoms with Crippen molar-refractivity contribution >= 4 is 5.91 Å². The number of amides is 1. The number of hydrogen-bond acceptors (Lipinski definition) is 4. The van der Waals surface area contributed by atoms with Crippen LogP contribution in [0.4, 0.5) is 0 Å². The zero-order valence-electron chi connectivity index (χ0n) is 15.8. The maximum atomic E-state index is 12.7. The molecule has 1 unspecified atom stereocenters. The maximum absolute atomic E-state index is 12.7. The highest BCUT2D eigenvalue weighted by atomic mass is 16.5. The van der Waals surface area contributed by atoms with Crippen LogP contribution in [0.1, 0.15) is 32.1 Å². The van der Waals surface area contributed by atoms with Gasteiger partial charge in [-0.1, -0.05) is 12.1 Å².